The van der Waals surface area contributed by atoms with Crippen LogP contribution >= 0.6 is 11.3 Å². The zero-order valence-electron chi connectivity index (χ0n) is 17.2. The van der Waals surface area contributed by atoms with Crippen LogP contribution in [0.2, 0.25) is 0 Å². The number of hydrogen-bond acceptors (Lipinski definition) is 6. The van der Waals surface area contributed by atoms with Gasteiger partial charge in [-0.2, -0.15) is 0 Å². The van der Waals surface area contributed by atoms with Crippen molar-refractivity contribution in [2.75, 3.05) is 17.8 Å². The molecule has 2 amide bonds. The van der Waals surface area contributed by atoms with Gasteiger partial charge in [0.15, 0.2) is 0 Å². The van der Waals surface area contributed by atoms with E-state index in [1.165, 1.54) is 6.07 Å². The summed E-state index contributed by atoms with van der Waals surface area (Å²) in [6.07, 6.45) is 2.75. The summed E-state index contributed by atoms with van der Waals surface area (Å²) in [4.78, 5) is 26.9. The summed E-state index contributed by atoms with van der Waals surface area (Å²) in [5.41, 5.74) is 0.867. The number of carbonyl (C=O) groups is 2. The summed E-state index contributed by atoms with van der Waals surface area (Å²) in [6, 6.07) is 13.2. The number of nitrogens with one attached hydrogen (secondary N) is 2. The molecule has 3 aromatic rings. The summed E-state index contributed by atoms with van der Waals surface area (Å²) >= 11 is 1.14. The second kappa shape index (κ2) is 9.58. The molecule has 1 fully saturated rings. The van der Waals surface area contributed by atoms with Gasteiger partial charge in [0.25, 0.3) is 15.9 Å². The largest absolute Gasteiger partial charge is 0.467 e. The second-order valence-corrected chi connectivity index (χ2v) is 10.3. The zero-order chi connectivity index (χ0) is 22.6. The number of rotatable bonds is 7. The molecule has 0 aliphatic carbocycles. The van der Waals surface area contributed by atoms with E-state index in [4.69, 9.17) is 4.42 Å². The van der Waals surface area contributed by atoms with Gasteiger partial charge in [-0.3, -0.25) is 14.3 Å². The van der Waals surface area contributed by atoms with Gasteiger partial charge in [-0.25, -0.2) is 8.42 Å². The fraction of sp³-hybridized carbons (Fsp3) is 0.273. The van der Waals surface area contributed by atoms with Gasteiger partial charge in [0, 0.05) is 30.3 Å². The first-order valence-corrected chi connectivity index (χ1v) is 12.5. The summed E-state index contributed by atoms with van der Waals surface area (Å²) in [7, 11) is -3.63. The van der Waals surface area contributed by atoms with Gasteiger partial charge in [0.1, 0.15) is 9.97 Å². The molecule has 0 spiro atoms. The Morgan fingerprint density at radius 2 is 1.81 bits per heavy atom. The van der Waals surface area contributed by atoms with Crippen molar-refractivity contribution in [2.24, 2.45) is 5.92 Å². The maximum absolute atomic E-state index is 12.8. The van der Waals surface area contributed by atoms with E-state index >= 15 is 0 Å². The quantitative estimate of drug-likeness (QED) is 0.547. The minimum Gasteiger partial charge on any atom is -0.467 e. The lowest BCUT2D eigenvalue weighted by Crippen LogP contribution is -2.42. The van der Waals surface area contributed by atoms with Gasteiger partial charge in [0.05, 0.1) is 12.8 Å². The van der Waals surface area contributed by atoms with Crippen molar-refractivity contribution < 1.29 is 22.4 Å². The number of thiophene rings is 1. The topological polar surface area (TPSA) is 109 Å². The standard InChI is InChI=1S/C22H23N3O5S2/c26-21(23-15-19-3-1-13-30-19)16-9-11-25(12-10-16)22(27)17-5-7-18(8-6-17)24-32(28,29)20-4-2-14-31-20/h1-8,13-14,16,24H,9-12,15H2,(H,23,26). The SMILES string of the molecule is O=C(NCc1ccco1)C1CCN(C(=O)c2ccc(NS(=O)(=O)c3cccs3)cc2)CC1. The minimum absolute atomic E-state index is 0.0316. The van der Waals surface area contributed by atoms with E-state index in [0.29, 0.717) is 49.5 Å². The Hall–Kier alpha value is -3.11. The van der Waals surface area contributed by atoms with Crippen molar-refractivity contribution >= 4 is 38.9 Å². The monoisotopic (exact) mass is 473 g/mol. The van der Waals surface area contributed by atoms with Gasteiger partial charge in [-0.1, -0.05) is 6.07 Å². The van der Waals surface area contributed by atoms with Crippen LogP contribution in [-0.2, 0) is 21.4 Å². The van der Waals surface area contributed by atoms with Gasteiger partial charge >= 0.3 is 0 Å². The fourth-order valence-corrected chi connectivity index (χ4v) is 5.61. The number of nitrogens with zero attached hydrogens (tertiary/aromatic N) is 1. The van der Waals surface area contributed by atoms with E-state index in [-0.39, 0.29) is 21.9 Å². The molecular formula is C22H23N3O5S2. The maximum atomic E-state index is 12.8. The number of benzene rings is 1. The Kier molecular flexibility index (Phi) is 6.61. The average Bonchev–Trinajstić information content (AvgIpc) is 3.52. The number of piperidine rings is 1. The van der Waals surface area contributed by atoms with E-state index in [9.17, 15) is 18.0 Å². The molecular weight excluding hydrogens is 450 g/mol. The highest BCUT2D eigenvalue weighted by Gasteiger charge is 2.28. The molecule has 1 aliphatic rings. The molecule has 2 N–H and O–H groups in total. The Balaban J connectivity index is 1.29. The second-order valence-electron chi connectivity index (χ2n) is 7.48. The number of sulfonamides is 1. The molecule has 0 saturated carbocycles. The number of amides is 2. The molecule has 168 valence electrons. The van der Waals surface area contributed by atoms with Crippen LogP contribution in [0.3, 0.4) is 0 Å². The lowest BCUT2D eigenvalue weighted by molar-refractivity contribution is -0.126. The van der Waals surface area contributed by atoms with Crippen molar-refractivity contribution in [3.8, 4) is 0 Å². The number of anilines is 1. The molecule has 8 nitrogen and oxygen atoms in total. The summed E-state index contributed by atoms with van der Waals surface area (Å²) in [5.74, 6) is 0.401. The third kappa shape index (κ3) is 5.20. The van der Waals surface area contributed by atoms with Crippen molar-refractivity contribution in [2.45, 2.75) is 23.6 Å². The van der Waals surface area contributed by atoms with Crippen LogP contribution < -0.4 is 10.0 Å². The van der Waals surface area contributed by atoms with Crippen LogP contribution in [0.4, 0.5) is 5.69 Å². The van der Waals surface area contributed by atoms with Crippen molar-refractivity contribution in [3.05, 3.63) is 71.5 Å². The number of likely N-dealkylation sites (tertiary alicyclic amines) is 1. The summed E-state index contributed by atoms with van der Waals surface area (Å²) in [6.45, 7) is 1.34. The first kappa shape index (κ1) is 22.1. The van der Waals surface area contributed by atoms with E-state index in [0.717, 1.165) is 11.3 Å². The molecule has 0 unspecified atom stereocenters. The van der Waals surface area contributed by atoms with Crippen molar-refractivity contribution in [3.63, 3.8) is 0 Å². The smallest absolute Gasteiger partial charge is 0.271 e. The van der Waals surface area contributed by atoms with Gasteiger partial charge < -0.3 is 14.6 Å². The van der Waals surface area contributed by atoms with Crippen LogP contribution in [0.1, 0.15) is 29.0 Å². The first-order chi connectivity index (χ1) is 15.4. The molecule has 1 aliphatic heterocycles. The number of furan rings is 1. The maximum Gasteiger partial charge on any atom is 0.271 e. The Morgan fingerprint density at radius 1 is 1.06 bits per heavy atom. The van der Waals surface area contributed by atoms with Gasteiger partial charge in [-0.15, -0.1) is 11.3 Å². The highest BCUT2D eigenvalue weighted by atomic mass is 32.2. The molecule has 32 heavy (non-hydrogen) atoms. The summed E-state index contributed by atoms with van der Waals surface area (Å²) < 4.78 is 32.6. The van der Waals surface area contributed by atoms with Crippen LogP contribution in [-0.4, -0.2) is 38.2 Å². The highest BCUT2D eigenvalue weighted by Crippen LogP contribution is 2.22. The number of hydrogen-bond donors (Lipinski definition) is 2. The highest BCUT2D eigenvalue weighted by molar-refractivity contribution is 7.94. The van der Waals surface area contributed by atoms with Crippen LogP contribution in [0, 0.1) is 5.92 Å². The minimum atomic E-state index is -3.63. The Morgan fingerprint density at radius 3 is 2.44 bits per heavy atom. The summed E-state index contributed by atoms with van der Waals surface area (Å²) in [5, 5.41) is 4.57. The molecule has 3 heterocycles. The Bertz CT molecular complexity index is 1150. The first-order valence-electron chi connectivity index (χ1n) is 10.2. The fourth-order valence-electron chi connectivity index (χ4n) is 3.56. The average molecular weight is 474 g/mol. The normalized spacial score (nSPS) is 14.8. The zero-order valence-corrected chi connectivity index (χ0v) is 18.8. The molecule has 0 radical (unpaired) electrons. The third-order valence-electron chi connectivity index (χ3n) is 5.31. The van der Waals surface area contributed by atoms with E-state index in [1.54, 1.807) is 59.0 Å². The Labute approximate surface area is 190 Å². The molecule has 4 rings (SSSR count). The van der Waals surface area contributed by atoms with E-state index < -0.39 is 10.0 Å². The third-order valence-corrected chi connectivity index (χ3v) is 8.09. The van der Waals surface area contributed by atoms with Crippen molar-refractivity contribution in [1.29, 1.82) is 0 Å². The number of carbonyl (C=O) groups excluding carboxylic acids is 2. The van der Waals surface area contributed by atoms with Crippen LogP contribution in [0.25, 0.3) is 0 Å². The lowest BCUT2D eigenvalue weighted by Gasteiger charge is -2.31. The van der Waals surface area contributed by atoms with Gasteiger partial charge in [0.2, 0.25) is 5.91 Å². The molecule has 0 atom stereocenters. The molecule has 0 bridgehead atoms. The molecule has 2 aromatic heterocycles. The van der Waals surface area contributed by atoms with Gasteiger partial charge in [-0.05, 0) is 60.7 Å². The molecule has 10 heteroatoms. The lowest BCUT2D eigenvalue weighted by atomic mass is 9.95. The van der Waals surface area contributed by atoms with E-state index in [2.05, 4.69) is 10.0 Å². The van der Waals surface area contributed by atoms with E-state index in [1.807, 2.05) is 0 Å². The predicted molar refractivity (Wildman–Crippen MR) is 121 cm³/mol. The molecule has 1 saturated heterocycles. The van der Waals surface area contributed by atoms with Crippen LogP contribution in [0.5, 0.6) is 0 Å². The molecule has 1 aromatic carbocycles. The predicted octanol–water partition coefficient (Wildman–Crippen LogP) is 3.31. The van der Waals surface area contributed by atoms with Crippen molar-refractivity contribution in [1.82, 2.24) is 10.2 Å². The van der Waals surface area contributed by atoms with Crippen LogP contribution in [0.15, 0.2) is 68.8 Å².